The second-order valence-corrected chi connectivity index (χ2v) is 4.09. The van der Waals surface area contributed by atoms with Crippen LogP contribution in [0.3, 0.4) is 0 Å². The molecular weight excluding hydrogens is 262 g/mol. The summed E-state index contributed by atoms with van der Waals surface area (Å²) in [5.74, 6) is 0.757. The third kappa shape index (κ3) is 2.86. The van der Waals surface area contributed by atoms with E-state index < -0.39 is 0 Å². The first-order chi connectivity index (χ1) is 7.24. The lowest BCUT2D eigenvalue weighted by Crippen LogP contribution is -2.21. The number of carbonyl (C=O) groups excluding carboxylic acids is 1. The number of cyclic esters (lactones) is 1. The first kappa shape index (κ1) is 10.3. The van der Waals surface area contributed by atoms with Crippen LogP contribution in [-0.4, -0.2) is 25.3 Å². The van der Waals surface area contributed by atoms with Gasteiger partial charge in [-0.1, -0.05) is 22.0 Å². The van der Waals surface area contributed by atoms with Crippen LogP contribution < -0.4 is 10.1 Å². The maximum atomic E-state index is 10.7. The number of benzene rings is 1. The molecule has 15 heavy (non-hydrogen) atoms. The summed E-state index contributed by atoms with van der Waals surface area (Å²) in [4.78, 5) is 10.7. The lowest BCUT2D eigenvalue weighted by Gasteiger charge is -2.10. The van der Waals surface area contributed by atoms with E-state index >= 15 is 0 Å². The van der Waals surface area contributed by atoms with E-state index in [9.17, 15) is 4.79 Å². The number of rotatable bonds is 3. The highest BCUT2D eigenvalue weighted by Crippen LogP contribution is 2.18. The molecule has 1 N–H and O–H groups in total. The lowest BCUT2D eigenvalue weighted by molar-refractivity contribution is 0.105. The van der Waals surface area contributed by atoms with E-state index in [1.54, 1.807) is 0 Å². The van der Waals surface area contributed by atoms with Gasteiger partial charge in [0.25, 0.3) is 0 Å². The number of alkyl carbamates (subject to hydrolysis) is 1. The van der Waals surface area contributed by atoms with Gasteiger partial charge in [-0.05, 0) is 18.2 Å². The topological polar surface area (TPSA) is 47.6 Å². The van der Waals surface area contributed by atoms with Crippen molar-refractivity contribution in [3.63, 3.8) is 0 Å². The number of carbonyl (C=O) groups is 1. The van der Waals surface area contributed by atoms with Gasteiger partial charge in [0.1, 0.15) is 12.4 Å². The zero-order valence-electron chi connectivity index (χ0n) is 7.90. The minimum absolute atomic E-state index is 0.198. The molecule has 1 aromatic carbocycles. The largest absolute Gasteiger partial charge is 0.490 e. The van der Waals surface area contributed by atoms with Crippen molar-refractivity contribution in [3.05, 3.63) is 28.7 Å². The van der Waals surface area contributed by atoms with E-state index in [1.807, 2.05) is 24.3 Å². The van der Waals surface area contributed by atoms with Crippen molar-refractivity contribution >= 4 is 22.0 Å². The van der Waals surface area contributed by atoms with Crippen LogP contribution in [-0.2, 0) is 4.74 Å². The number of ether oxygens (including phenoxy) is 2. The fourth-order valence-corrected chi connectivity index (χ4v) is 1.65. The van der Waals surface area contributed by atoms with Crippen LogP contribution in [0.15, 0.2) is 28.7 Å². The summed E-state index contributed by atoms with van der Waals surface area (Å²) in [7, 11) is 0. The second-order valence-electron chi connectivity index (χ2n) is 3.18. The molecule has 5 heteroatoms. The number of nitrogens with one attached hydrogen (secondary N) is 1. The van der Waals surface area contributed by atoms with Gasteiger partial charge in [-0.15, -0.1) is 0 Å². The summed E-state index contributed by atoms with van der Waals surface area (Å²) in [6.07, 6.45) is -0.575. The van der Waals surface area contributed by atoms with Crippen LogP contribution in [0.4, 0.5) is 4.79 Å². The highest BCUT2D eigenvalue weighted by atomic mass is 79.9. The number of halogens is 1. The summed E-state index contributed by atoms with van der Waals surface area (Å²) >= 11 is 3.35. The zero-order valence-corrected chi connectivity index (χ0v) is 9.49. The Labute approximate surface area is 95.7 Å². The standard InChI is InChI=1S/C10H10BrNO3/c11-7-2-1-3-8(4-7)14-6-9-5-12-10(13)15-9/h1-4,9H,5-6H2,(H,12,13). The highest BCUT2D eigenvalue weighted by Gasteiger charge is 2.22. The van der Waals surface area contributed by atoms with Gasteiger partial charge in [-0.25, -0.2) is 4.79 Å². The fraction of sp³-hybridized carbons (Fsp3) is 0.300. The number of hydrogen-bond donors (Lipinski definition) is 1. The van der Waals surface area contributed by atoms with Crippen molar-refractivity contribution < 1.29 is 14.3 Å². The Morgan fingerprint density at radius 3 is 3.13 bits per heavy atom. The van der Waals surface area contributed by atoms with Crippen LogP contribution in [0.1, 0.15) is 0 Å². The molecule has 0 aromatic heterocycles. The summed E-state index contributed by atoms with van der Waals surface area (Å²) in [5, 5.41) is 2.57. The predicted molar refractivity (Wildman–Crippen MR) is 57.9 cm³/mol. The van der Waals surface area contributed by atoms with E-state index in [0.29, 0.717) is 13.2 Å². The van der Waals surface area contributed by atoms with Gasteiger partial charge in [0.05, 0.1) is 6.54 Å². The highest BCUT2D eigenvalue weighted by molar-refractivity contribution is 9.10. The lowest BCUT2D eigenvalue weighted by atomic mass is 10.3. The average Bonchev–Trinajstić information content (AvgIpc) is 2.62. The molecule has 1 unspecified atom stereocenters. The van der Waals surface area contributed by atoms with Crippen molar-refractivity contribution in [3.8, 4) is 5.75 Å². The van der Waals surface area contributed by atoms with Crippen molar-refractivity contribution in [2.24, 2.45) is 0 Å². The number of hydrogen-bond acceptors (Lipinski definition) is 3. The van der Waals surface area contributed by atoms with Crippen molar-refractivity contribution in [1.82, 2.24) is 5.32 Å². The molecule has 4 nitrogen and oxygen atoms in total. The summed E-state index contributed by atoms with van der Waals surface area (Å²) < 4.78 is 11.4. The maximum Gasteiger partial charge on any atom is 0.407 e. The average molecular weight is 272 g/mol. The van der Waals surface area contributed by atoms with Crippen LogP contribution in [0.25, 0.3) is 0 Å². The molecule has 0 radical (unpaired) electrons. The minimum Gasteiger partial charge on any atom is -0.490 e. The van der Waals surface area contributed by atoms with Crippen LogP contribution in [0, 0.1) is 0 Å². The molecule has 80 valence electrons. The Bertz CT molecular complexity index is 369. The summed E-state index contributed by atoms with van der Waals surface area (Å²) in [5.41, 5.74) is 0. The maximum absolute atomic E-state index is 10.7. The van der Waals surface area contributed by atoms with Crippen LogP contribution >= 0.6 is 15.9 Å². The molecule has 1 fully saturated rings. The van der Waals surface area contributed by atoms with Gasteiger partial charge in [0, 0.05) is 4.47 Å². The van der Waals surface area contributed by atoms with Crippen molar-refractivity contribution in [2.45, 2.75) is 6.10 Å². The van der Waals surface area contributed by atoms with Gasteiger partial charge in [0.15, 0.2) is 6.10 Å². The molecular formula is C10H10BrNO3. The molecule has 1 aromatic rings. The Hall–Kier alpha value is -1.23. The quantitative estimate of drug-likeness (QED) is 0.914. The zero-order chi connectivity index (χ0) is 10.7. The predicted octanol–water partition coefficient (Wildman–Crippen LogP) is 1.94. The fourth-order valence-electron chi connectivity index (χ4n) is 1.27. The molecule has 0 bridgehead atoms. The van der Waals surface area contributed by atoms with Gasteiger partial charge >= 0.3 is 6.09 Å². The summed E-state index contributed by atoms with van der Waals surface area (Å²) in [6.45, 7) is 0.877. The Morgan fingerprint density at radius 2 is 2.47 bits per heavy atom. The monoisotopic (exact) mass is 271 g/mol. The van der Waals surface area contributed by atoms with E-state index in [2.05, 4.69) is 21.2 Å². The molecule has 1 aliphatic rings. The van der Waals surface area contributed by atoms with E-state index in [4.69, 9.17) is 9.47 Å². The van der Waals surface area contributed by atoms with Gasteiger partial charge in [-0.3, -0.25) is 0 Å². The first-order valence-electron chi connectivity index (χ1n) is 4.57. The van der Waals surface area contributed by atoms with E-state index in [1.165, 1.54) is 0 Å². The third-order valence-electron chi connectivity index (χ3n) is 1.98. The minimum atomic E-state index is -0.377. The van der Waals surface area contributed by atoms with Crippen LogP contribution in [0.2, 0.25) is 0 Å². The molecule has 1 heterocycles. The molecule has 1 atom stereocenters. The Kier molecular flexibility index (Phi) is 3.11. The van der Waals surface area contributed by atoms with Crippen molar-refractivity contribution in [2.75, 3.05) is 13.2 Å². The molecule has 1 aliphatic heterocycles. The SMILES string of the molecule is O=C1NCC(COc2cccc(Br)c2)O1. The van der Waals surface area contributed by atoms with E-state index in [-0.39, 0.29) is 12.2 Å². The van der Waals surface area contributed by atoms with Gasteiger partial charge in [0.2, 0.25) is 0 Å². The molecule has 2 rings (SSSR count). The Balaban J connectivity index is 1.85. The van der Waals surface area contributed by atoms with Gasteiger partial charge < -0.3 is 14.8 Å². The normalized spacial score (nSPS) is 19.5. The van der Waals surface area contributed by atoms with Crippen LogP contribution in [0.5, 0.6) is 5.75 Å². The van der Waals surface area contributed by atoms with E-state index in [0.717, 1.165) is 10.2 Å². The first-order valence-corrected chi connectivity index (χ1v) is 5.36. The second kappa shape index (κ2) is 4.53. The van der Waals surface area contributed by atoms with Crippen molar-refractivity contribution in [1.29, 1.82) is 0 Å². The molecule has 0 saturated carbocycles. The van der Waals surface area contributed by atoms with Gasteiger partial charge in [-0.2, -0.15) is 0 Å². The molecule has 0 spiro atoms. The molecule has 1 saturated heterocycles. The summed E-state index contributed by atoms with van der Waals surface area (Å²) in [6, 6.07) is 7.53. The smallest absolute Gasteiger partial charge is 0.407 e. The third-order valence-corrected chi connectivity index (χ3v) is 2.47. The Morgan fingerprint density at radius 1 is 1.60 bits per heavy atom. The number of amides is 1. The molecule has 1 amide bonds. The molecule has 0 aliphatic carbocycles.